The Hall–Kier alpha value is -0.320. The largest absolute Gasteiger partial charge is 0.454 e. The summed E-state index contributed by atoms with van der Waals surface area (Å²) >= 11 is 3.29. The Morgan fingerprint density at radius 2 is 2.07 bits per heavy atom. The van der Waals surface area contributed by atoms with E-state index < -0.39 is 6.10 Å². The maximum absolute atomic E-state index is 9.96. The highest BCUT2D eigenvalue weighted by atomic mass is 79.9. The van der Waals surface area contributed by atoms with E-state index in [-0.39, 0.29) is 5.41 Å². The van der Waals surface area contributed by atoms with Crippen molar-refractivity contribution in [3.8, 4) is 0 Å². The number of ether oxygens (including phenoxy) is 1. The smallest absolute Gasteiger partial charge is 0.169 e. The lowest BCUT2D eigenvalue weighted by atomic mass is 9.74. The second-order valence-electron chi connectivity index (χ2n) is 4.05. The quantitative estimate of drug-likeness (QED) is 0.901. The van der Waals surface area contributed by atoms with Gasteiger partial charge in [0.25, 0.3) is 0 Å². The Balaban J connectivity index is 2.33. The first-order chi connectivity index (χ1) is 7.15. The van der Waals surface area contributed by atoms with Crippen molar-refractivity contribution >= 4 is 15.9 Å². The number of furan rings is 1. The number of aliphatic hydroxyl groups excluding tert-OH is 1. The minimum Gasteiger partial charge on any atom is -0.454 e. The van der Waals surface area contributed by atoms with E-state index in [0.29, 0.717) is 17.9 Å². The molecule has 1 fully saturated rings. The molecule has 1 saturated heterocycles. The molecule has 1 atom stereocenters. The molecule has 0 bridgehead atoms. The molecule has 2 rings (SSSR count). The molecule has 0 aromatic carbocycles. The van der Waals surface area contributed by atoms with Crippen molar-refractivity contribution in [3.63, 3.8) is 0 Å². The topological polar surface area (TPSA) is 42.6 Å². The molecule has 0 radical (unpaired) electrons. The van der Waals surface area contributed by atoms with Gasteiger partial charge in [-0.25, -0.2) is 0 Å². The molecule has 1 aromatic heterocycles. The molecule has 1 aromatic rings. The number of aliphatic hydroxyl groups is 1. The van der Waals surface area contributed by atoms with Gasteiger partial charge in [-0.1, -0.05) is 0 Å². The third kappa shape index (κ3) is 1.98. The molecular formula is C11H15BrO3. The summed E-state index contributed by atoms with van der Waals surface area (Å²) in [6.07, 6.45) is 1.20. The van der Waals surface area contributed by atoms with Crippen molar-refractivity contribution in [2.24, 2.45) is 0 Å². The third-order valence-electron chi connectivity index (χ3n) is 3.25. The average molecular weight is 275 g/mol. The van der Waals surface area contributed by atoms with Gasteiger partial charge in [-0.05, 0) is 47.8 Å². The first-order valence-electron chi connectivity index (χ1n) is 5.17. The van der Waals surface area contributed by atoms with Gasteiger partial charge in [0.2, 0.25) is 0 Å². The van der Waals surface area contributed by atoms with E-state index in [9.17, 15) is 5.11 Å². The first-order valence-corrected chi connectivity index (χ1v) is 5.96. The minimum absolute atomic E-state index is 0.274. The molecule has 4 heteroatoms. The Morgan fingerprint density at radius 1 is 1.40 bits per heavy atom. The minimum atomic E-state index is -0.417. The summed E-state index contributed by atoms with van der Waals surface area (Å²) in [6.45, 7) is 3.19. The van der Waals surface area contributed by atoms with Crippen LogP contribution in [0.25, 0.3) is 0 Å². The molecule has 1 aliphatic heterocycles. The van der Waals surface area contributed by atoms with Crippen molar-refractivity contribution in [2.45, 2.75) is 31.3 Å². The SMILES string of the molecule is CC(O)C1(c2ccc(Br)o2)CCOCC1. The number of hydrogen-bond donors (Lipinski definition) is 1. The van der Waals surface area contributed by atoms with Crippen molar-refractivity contribution in [2.75, 3.05) is 13.2 Å². The fraction of sp³-hybridized carbons (Fsp3) is 0.636. The van der Waals surface area contributed by atoms with Gasteiger partial charge < -0.3 is 14.3 Å². The van der Waals surface area contributed by atoms with Crippen LogP contribution in [0, 0.1) is 0 Å². The molecule has 0 saturated carbocycles. The van der Waals surface area contributed by atoms with E-state index in [1.54, 1.807) is 0 Å². The van der Waals surface area contributed by atoms with Gasteiger partial charge >= 0.3 is 0 Å². The van der Waals surface area contributed by atoms with Crippen LogP contribution in [-0.2, 0) is 10.2 Å². The van der Waals surface area contributed by atoms with Crippen LogP contribution in [0.5, 0.6) is 0 Å². The highest BCUT2D eigenvalue weighted by molar-refractivity contribution is 9.10. The van der Waals surface area contributed by atoms with E-state index in [2.05, 4.69) is 15.9 Å². The number of hydrogen-bond acceptors (Lipinski definition) is 3. The van der Waals surface area contributed by atoms with Gasteiger partial charge in [-0.15, -0.1) is 0 Å². The number of halogens is 1. The van der Waals surface area contributed by atoms with Crippen LogP contribution < -0.4 is 0 Å². The summed E-state index contributed by atoms with van der Waals surface area (Å²) in [5.74, 6) is 0.854. The molecule has 0 spiro atoms. The van der Waals surface area contributed by atoms with Gasteiger partial charge in [0, 0.05) is 13.2 Å². The number of rotatable bonds is 2. The molecule has 3 nitrogen and oxygen atoms in total. The van der Waals surface area contributed by atoms with Crippen LogP contribution in [0.1, 0.15) is 25.5 Å². The standard InChI is InChI=1S/C11H15BrO3/c1-8(13)11(4-6-14-7-5-11)9-2-3-10(12)15-9/h2-3,8,13H,4-7H2,1H3. The molecule has 1 unspecified atom stereocenters. The van der Waals surface area contributed by atoms with Gasteiger partial charge in [-0.2, -0.15) is 0 Å². The molecule has 84 valence electrons. The summed E-state index contributed by atoms with van der Waals surface area (Å²) in [4.78, 5) is 0. The molecule has 2 heterocycles. The highest BCUT2D eigenvalue weighted by Gasteiger charge is 2.41. The summed E-state index contributed by atoms with van der Waals surface area (Å²) in [5, 5.41) is 9.96. The zero-order valence-electron chi connectivity index (χ0n) is 8.70. The van der Waals surface area contributed by atoms with E-state index in [1.165, 1.54) is 0 Å². The maximum Gasteiger partial charge on any atom is 0.169 e. The fourth-order valence-electron chi connectivity index (χ4n) is 2.19. The summed E-state index contributed by atoms with van der Waals surface area (Å²) in [5.41, 5.74) is -0.274. The van der Waals surface area contributed by atoms with Crippen LogP contribution in [0.15, 0.2) is 21.2 Å². The Kier molecular flexibility index (Phi) is 3.19. The van der Waals surface area contributed by atoms with Crippen molar-refractivity contribution in [3.05, 3.63) is 22.6 Å². The summed E-state index contributed by atoms with van der Waals surface area (Å²) in [7, 11) is 0. The molecule has 15 heavy (non-hydrogen) atoms. The van der Waals surface area contributed by atoms with E-state index in [4.69, 9.17) is 9.15 Å². The maximum atomic E-state index is 9.96. The molecular weight excluding hydrogens is 260 g/mol. The first kappa shape index (κ1) is 11.2. The fourth-order valence-corrected chi connectivity index (χ4v) is 2.49. The monoisotopic (exact) mass is 274 g/mol. The lowest BCUT2D eigenvalue weighted by Gasteiger charge is -2.37. The molecule has 0 aliphatic carbocycles. The highest BCUT2D eigenvalue weighted by Crippen LogP contribution is 2.39. The zero-order chi connectivity index (χ0) is 10.9. The van der Waals surface area contributed by atoms with Crippen LogP contribution in [0.3, 0.4) is 0 Å². The van der Waals surface area contributed by atoms with E-state index in [1.807, 2.05) is 19.1 Å². The zero-order valence-corrected chi connectivity index (χ0v) is 10.3. The van der Waals surface area contributed by atoms with Gasteiger partial charge in [0.05, 0.1) is 11.5 Å². The summed E-state index contributed by atoms with van der Waals surface area (Å²) < 4.78 is 11.6. The van der Waals surface area contributed by atoms with Gasteiger partial charge in [-0.3, -0.25) is 0 Å². The third-order valence-corrected chi connectivity index (χ3v) is 3.67. The Labute approximate surface area is 97.5 Å². The Morgan fingerprint density at radius 3 is 2.53 bits per heavy atom. The van der Waals surface area contributed by atoms with Crippen LogP contribution in [0.4, 0.5) is 0 Å². The average Bonchev–Trinajstić information content (AvgIpc) is 2.66. The predicted molar refractivity (Wildman–Crippen MR) is 59.8 cm³/mol. The van der Waals surface area contributed by atoms with Crippen molar-refractivity contribution in [1.29, 1.82) is 0 Å². The van der Waals surface area contributed by atoms with Crippen LogP contribution in [0.2, 0.25) is 0 Å². The lowest BCUT2D eigenvalue weighted by Crippen LogP contribution is -2.42. The van der Waals surface area contributed by atoms with Crippen LogP contribution in [-0.4, -0.2) is 24.4 Å². The van der Waals surface area contributed by atoms with E-state index >= 15 is 0 Å². The van der Waals surface area contributed by atoms with Crippen LogP contribution >= 0.6 is 15.9 Å². The second-order valence-corrected chi connectivity index (χ2v) is 4.83. The van der Waals surface area contributed by atoms with E-state index in [0.717, 1.165) is 18.6 Å². The van der Waals surface area contributed by atoms with Crippen molar-refractivity contribution in [1.82, 2.24) is 0 Å². The van der Waals surface area contributed by atoms with Gasteiger partial charge in [0.1, 0.15) is 5.76 Å². The summed E-state index contributed by atoms with van der Waals surface area (Å²) in [6, 6.07) is 3.80. The second kappa shape index (κ2) is 4.28. The predicted octanol–water partition coefficient (Wildman–Crippen LogP) is 2.47. The molecule has 0 amide bonds. The Bertz CT molecular complexity index is 326. The molecule has 1 aliphatic rings. The normalized spacial score (nSPS) is 22.6. The lowest BCUT2D eigenvalue weighted by molar-refractivity contribution is -0.0181. The molecule has 1 N–H and O–H groups in total. The van der Waals surface area contributed by atoms with Crippen molar-refractivity contribution < 1.29 is 14.3 Å². The van der Waals surface area contributed by atoms with Gasteiger partial charge in [0.15, 0.2) is 4.67 Å².